The van der Waals surface area contributed by atoms with Crippen LogP contribution in [0.25, 0.3) is 0 Å². The molecule has 0 bridgehead atoms. The van der Waals surface area contributed by atoms with Crippen LogP contribution in [0.1, 0.15) is 42.5 Å². The number of alkyl halides is 3. The van der Waals surface area contributed by atoms with Gasteiger partial charge in [0.05, 0.1) is 5.56 Å². The summed E-state index contributed by atoms with van der Waals surface area (Å²) in [6.07, 6.45) is 4.90. The minimum atomic E-state index is -4.42. The van der Waals surface area contributed by atoms with E-state index in [4.69, 9.17) is 4.74 Å². The maximum Gasteiger partial charge on any atom is 0.446 e. The molecule has 148 valence electrons. The average molecular weight is 404 g/mol. The van der Waals surface area contributed by atoms with Crippen molar-refractivity contribution >= 4 is 29.7 Å². The first-order chi connectivity index (χ1) is 12.7. The van der Waals surface area contributed by atoms with Crippen molar-refractivity contribution in [2.45, 2.75) is 48.5 Å². The summed E-state index contributed by atoms with van der Waals surface area (Å²) in [6.45, 7) is -0.671. The van der Waals surface area contributed by atoms with Gasteiger partial charge in [0.25, 0.3) is 5.91 Å². The Hall–Kier alpha value is -2.23. The highest BCUT2D eigenvalue weighted by atomic mass is 32.2. The summed E-state index contributed by atoms with van der Waals surface area (Å²) in [5, 5.41) is 4.76. The first kappa shape index (κ1) is 21.1. The number of hydrogen-bond donors (Lipinski definition) is 2. The van der Waals surface area contributed by atoms with Gasteiger partial charge >= 0.3 is 17.5 Å². The number of carbonyl (C=O) groups excluding carboxylic acids is 3. The number of urea groups is 1. The number of imide groups is 1. The molecule has 2 rings (SSSR count). The largest absolute Gasteiger partial charge is 0.452 e. The molecule has 10 heteroatoms. The van der Waals surface area contributed by atoms with Crippen molar-refractivity contribution in [1.29, 1.82) is 0 Å². The van der Waals surface area contributed by atoms with Crippen LogP contribution in [0.3, 0.4) is 0 Å². The summed E-state index contributed by atoms with van der Waals surface area (Å²) in [7, 11) is 0. The maximum atomic E-state index is 12.3. The van der Waals surface area contributed by atoms with E-state index in [9.17, 15) is 27.6 Å². The molecule has 0 aliphatic heterocycles. The van der Waals surface area contributed by atoms with Crippen LogP contribution >= 0.6 is 11.8 Å². The molecule has 0 radical (unpaired) electrons. The maximum absolute atomic E-state index is 12.3. The van der Waals surface area contributed by atoms with Gasteiger partial charge in [0.1, 0.15) is 0 Å². The summed E-state index contributed by atoms with van der Waals surface area (Å²) in [6, 6.07) is 3.99. The Labute approximate surface area is 158 Å². The lowest BCUT2D eigenvalue weighted by Gasteiger charge is -2.22. The molecular weight excluding hydrogens is 385 g/mol. The van der Waals surface area contributed by atoms with Gasteiger partial charge in [0.15, 0.2) is 6.61 Å². The highest BCUT2D eigenvalue weighted by Crippen LogP contribution is 2.36. The van der Waals surface area contributed by atoms with Crippen molar-refractivity contribution in [1.82, 2.24) is 10.6 Å². The van der Waals surface area contributed by atoms with Gasteiger partial charge in [-0.3, -0.25) is 10.1 Å². The van der Waals surface area contributed by atoms with Gasteiger partial charge in [-0.2, -0.15) is 13.2 Å². The fourth-order valence-corrected chi connectivity index (χ4v) is 3.18. The topological polar surface area (TPSA) is 84.5 Å². The minimum absolute atomic E-state index is 0.000909. The second-order valence-electron chi connectivity index (χ2n) is 6.00. The van der Waals surface area contributed by atoms with Crippen LogP contribution in [0.4, 0.5) is 18.0 Å². The lowest BCUT2D eigenvalue weighted by Crippen LogP contribution is -2.46. The fourth-order valence-electron chi connectivity index (χ4n) is 2.64. The molecule has 0 heterocycles. The number of carbonyl (C=O) groups is 3. The van der Waals surface area contributed by atoms with Crippen LogP contribution in [0.5, 0.6) is 0 Å². The summed E-state index contributed by atoms with van der Waals surface area (Å²) in [4.78, 5) is 35.1. The number of hydrogen-bond acceptors (Lipinski definition) is 5. The monoisotopic (exact) mass is 404 g/mol. The zero-order chi connectivity index (χ0) is 19.9. The summed E-state index contributed by atoms with van der Waals surface area (Å²) >= 11 is -0.300. The van der Waals surface area contributed by atoms with E-state index in [-0.39, 0.29) is 28.3 Å². The Bertz CT molecular complexity index is 674. The van der Waals surface area contributed by atoms with E-state index in [1.54, 1.807) is 0 Å². The summed E-state index contributed by atoms with van der Waals surface area (Å²) in [5.74, 6) is -1.66. The Morgan fingerprint density at radius 3 is 2.30 bits per heavy atom. The van der Waals surface area contributed by atoms with Crippen molar-refractivity contribution in [2.75, 3.05) is 6.61 Å². The van der Waals surface area contributed by atoms with E-state index in [1.165, 1.54) is 12.1 Å². The molecule has 2 N–H and O–H groups in total. The van der Waals surface area contributed by atoms with E-state index in [0.717, 1.165) is 44.2 Å². The number of nitrogens with one attached hydrogen (secondary N) is 2. The zero-order valence-electron chi connectivity index (χ0n) is 14.3. The molecule has 1 aromatic carbocycles. The van der Waals surface area contributed by atoms with E-state index >= 15 is 0 Å². The number of esters is 1. The van der Waals surface area contributed by atoms with Gasteiger partial charge in [0.2, 0.25) is 0 Å². The molecule has 27 heavy (non-hydrogen) atoms. The molecule has 1 aliphatic rings. The number of halogens is 3. The molecule has 0 aromatic heterocycles. The van der Waals surface area contributed by atoms with Gasteiger partial charge in [-0.05, 0) is 48.9 Å². The lowest BCUT2D eigenvalue weighted by molar-refractivity contribution is -0.123. The van der Waals surface area contributed by atoms with Crippen molar-refractivity contribution in [3.63, 3.8) is 0 Å². The van der Waals surface area contributed by atoms with E-state index in [2.05, 4.69) is 10.6 Å². The number of benzene rings is 1. The van der Waals surface area contributed by atoms with Crippen LogP contribution in [-0.4, -0.2) is 36.1 Å². The molecule has 0 spiro atoms. The Morgan fingerprint density at radius 2 is 1.70 bits per heavy atom. The Balaban J connectivity index is 1.73. The van der Waals surface area contributed by atoms with Gasteiger partial charge in [-0.25, -0.2) is 9.59 Å². The smallest absolute Gasteiger partial charge is 0.446 e. The van der Waals surface area contributed by atoms with Crippen LogP contribution in [0.15, 0.2) is 29.2 Å². The molecule has 3 amide bonds. The first-order valence-corrected chi connectivity index (χ1v) is 9.18. The van der Waals surface area contributed by atoms with Crippen molar-refractivity contribution in [3.8, 4) is 0 Å². The summed E-state index contributed by atoms with van der Waals surface area (Å²) < 4.78 is 41.5. The van der Waals surface area contributed by atoms with E-state index < -0.39 is 30.0 Å². The van der Waals surface area contributed by atoms with Crippen LogP contribution < -0.4 is 10.6 Å². The van der Waals surface area contributed by atoms with Gasteiger partial charge in [-0.15, -0.1) is 0 Å². The zero-order valence-corrected chi connectivity index (χ0v) is 15.1. The predicted octanol–water partition coefficient (Wildman–Crippen LogP) is 3.61. The second-order valence-corrected chi connectivity index (χ2v) is 7.14. The van der Waals surface area contributed by atoms with Gasteiger partial charge in [-0.1, -0.05) is 19.3 Å². The standard InChI is InChI=1S/C17H19F3N2O4S/c18-17(19,20)27-13-8-6-11(7-9-13)15(24)26-10-14(23)22-16(25)21-12-4-2-1-3-5-12/h6-9,12H,1-5,10H2,(H2,21,22,23,25). The molecule has 6 nitrogen and oxygen atoms in total. The third-order valence-corrected chi connectivity index (χ3v) is 4.59. The van der Waals surface area contributed by atoms with Crippen LogP contribution in [-0.2, 0) is 9.53 Å². The highest BCUT2D eigenvalue weighted by Gasteiger charge is 2.29. The van der Waals surface area contributed by atoms with Gasteiger partial charge < -0.3 is 10.1 Å². The molecule has 0 saturated heterocycles. The fraction of sp³-hybridized carbons (Fsp3) is 0.471. The molecule has 0 unspecified atom stereocenters. The molecule has 1 aliphatic carbocycles. The van der Waals surface area contributed by atoms with E-state index in [0.29, 0.717) is 0 Å². The number of thioether (sulfide) groups is 1. The van der Waals surface area contributed by atoms with Crippen molar-refractivity contribution < 1.29 is 32.3 Å². The van der Waals surface area contributed by atoms with Crippen LogP contribution in [0.2, 0.25) is 0 Å². The lowest BCUT2D eigenvalue weighted by atomic mass is 9.96. The highest BCUT2D eigenvalue weighted by molar-refractivity contribution is 8.00. The molecule has 1 aromatic rings. The predicted molar refractivity (Wildman–Crippen MR) is 92.2 cm³/mol. The van der Waals surface area contributed by atoms with Crippen molar-refractivity contribution in [2.24, 2.45) is 0 Å². The second kappa shape index (κ2) is 9.63. The third kappa shape index (κ3) is 7.90. The van der Waals surface area contributed by atoms with E-state index in [1.807, 2.05) is 0 Å². The SMILES string of the molecule is O=C(COC(=O)c1ccc(SC(F)(F)F)cc1)NC(=O)NC1CCCCC1. The Morgan fingerprint density at radius 1 is 1.07 bits per heavy atom. The molecular formula is C17H19F3N2O4S. The normalized spacial score (nSPS) is 15.1. The average Bonchev–Trinajstić information content (AvgIpc) is 2.59. The number of rotatable bonds is 5. The van der Waals surface area contributed by atoms with Crippen LogP contribution in [0, 0.1) is 0 Å². The molecule has 1 saturated carbocycles. The molecule has 0 atom stereocenters. The van der Waals surface area contributed by atoms with Gasteiger partial charge in [0, 0.05) is 10.9 Å². The number of ether oxygens (including phenoxy) is 1. The summed E-state index contributed by atoms with van der Waals surface area (Å²) in [5.41, 5.74) is -4.42. The minimum Gasteiger partial charge on any atom is -0.452 e. The molecule has 1 fully saturated rings. The Kier molecular flexibility index (Phi) is 7.52. The first-order valence-electron chi connectivity index (χ1n) is 8.36. The third-order valence-electron chi connectivity index (χ3n) is 3.85. The number of amides is 3. The van der Waals surface area contributed by atoms with Crippen molar-refractivity contribution in [3.05, 3.63) is 29.8 Å². The quantitative estimate of drug-likeness (QED) is 0.579.